The van der Waals surface area contributed by atoms with E-state index in [1.165, 1.54) is 27.8 Å². The van der Waals surface area contributed by atoms with Crippen molar-refractivity contribution in [3.8, 4) is 5.75 Å². The van der Waals surface area contributed by atoms with Gasteiger partial charge in [0.25, 0.3) is 11.8 Å². The van der Waals surface area contributed by atoms with Crippen LogP contribution in [0.3, 0.4) is 0 Å². The quantitative estimate of drug-likeness (QED) is 0.744. The smallest absolute Gasteiger partial charge is 0.279 e. The van der Waals surface area contributed by atoms with E-state index in [-0.39, 0.29) is 17.2 Å². The summed E-state index contributed by atoms with van der Waals surface area (Å²) in [6, 6.07) is 6.61. The number of phenolic OH excluding ortho intramolecular Hbond substituents is 1. The van der Waals surface area contributed by atoms with Crippen LogP contribution in [-0.4, -0.2) is 16.9 Å². The Kier molecular flexibility index (Phi) is 3.85. The van der Waals surface area contributed by atoms with Crippen LogP contribution in [0, 0.1) is 6.92 Å². The summed E-state index contributed by atoms with van der Waals surface area (Å²) in [6.45, 7) is 1.82. The fourth-order valence-corrected chi connectivity index (χ4v) is 3.66. The van der Waals surface area contributed by atoms with Crippen molar-refractivity contribution in [3.63, 3.8) is 0 Å². The van der Waals surface area contributed by atoms with Crippen LogP contribution in [0.25, 0.3) is 0 Å². The second-order valence-corrected chi connectivity index (χ2v) is 6.48. The van der Waals surface area contributed by atoms with Crippen molar-refractivity contribution in [2.45, 2.75) is 26.2 Å². The third-order valence-electron chi connectivity index (χ3n) is 3.66. The minimum Gasteiger partial charge on any atom is -0.507 e. The molecule has 2 aromatic rings. The van der Waals surface area contributed by atoms with Crippen molar-refractivity contribution in [1.82, 2.24) is 10.9 Å². The summed E-state index contributed by atoms with van der Waals surface area (Å²) in [5.41, 5.74) is 6.95. The summed E-state index contributed by atoms with van der Waals surface area (Å²) < 4.78 is 0. The number of carbonyl (C=O) groups is 2. The van der Waals surface area contributed by atoms with Crippen LogP contribution in [0.15, 0.2) is 24.3 Å². The average molecular weight is 316 g/mol. The first-order valence-electron chi connectivity index (χ1n) is 7.06. The molecule has 0 bridgehead atoms. The zero-order chi connectivity index (χ0) is 15.7. The first-order valence-corrected chi connectivity index (χ1v) is 7.88. The standard InChI is InChI=1S/C16H16N2O3S/c1-9-5-6-12(19)11(7-9)15(20)17-18-16(21)14-8-10-3-2-4-13(10)22-14/h5-8,19H,2-4H2,1H3,(H,17,20)(H,18,21). The Morgan fingerprint density at radius 2 is 1.91 bits per heavy atom. The highest BCUT2D eigenvalue weighted by molar-refractivity contribution is 7.14. The van der Waals surface area contributed by atoms with E-state index < -0.39 is 5.91 Å². The van der Waals surface area contributed by atoms with E-state index in [2.05, 4.69) is 10.9 Å². The van der Waals surface area contributed by atoms with Crippen LogP contribution in [0.4, 0.5) is 0 Å². The molecule has 3 rings (SSSR count). The first-order chi connectivity index (χ1) is 10.5. The van der Waals surface area contributed by atoms with E-state index in [9.17, 15) is 14.7 Å². The van der Waals surface area contributed by atoms with Gasteiger partial charge < -0.3 is 5.11 Å². The molecule has 1 heterocycles. The van der Waals surface area contributed by atoms with Gasteiger partial charge in [0.05, 0.1) is 10.4 Å². The number of aryl methyl sites for hydroxylation is 3. The van der Waals surface area contributed by atoms with Crippen LogP contribution in [0.1, 0.15) is 42.5 Å². The molecule has 0 unspecified atom stereocenters. The number of hydrogen-bond donors (Lipinski definition) is 3. The minimum absolute atomic E-state index is 0.118. The third kappa shape index (κ3) is 2.82. The number of nitrogens with one attached hydrogen (secondary N) is 2. The Morgan fingerprint density at radius 3 is 2.68 bits per heavy atom. The molecule has 2 amide bonds. The molecule has 1 aromatic carbocycles. The SMILES string of the molecule is Cc1ccc(O)c(C(=O)NNC(=O)c2cc3c(s2)CCC3)c1. The lowest BCUT2D eigenvalue weighted by Crippen LogP contribution is -2.41. The van der Waals surface area contributed by atoms with Gasteiger partial charge in [0.15, 0.2) is 0 Å². The maximum atomic E-state index is 12.1. The molecule has 6 heteroatoms. The summed E-state index contributed by atoms with van der Waals surface area (Å²) in [5, 5.41) is 9.70. The van der Waals surface area contributed by atoms with Crippen LogP contribution in [0.5, 0.6) is 5.75 Å². The van der Waals surface area contributed by atoms with Gasteiger partial charge in [0.2, 0.25) is 0 Å². The molecule has 5 nitrogen and oxygen atoms in total. The molecule has 3 N–H and O–H groups in total. The van der Waals surface area contributed by atoms with Crippen molar-refractivity contribution in [3.05, 3.63) is 50.7 Å². The molecule has 0 atom stereocenters. The number of fused-ring (bicyclic) bond motifs is 1. The highest BCUT2D eigenvalue weighted by Crippen LogP contribution is 2.30. The first kappa shape index (κ1) is 14.6. The summed E-state index contributed by atoms with van der Waals surface area (Å²) >= 11 is 1.47. The Hall–Kier alpha value is -2.34. The molecule has 22 heavy (non-hydrogen) atoms. The zero-order valence-electron chi connectivity index (χ0n) is 12.1. The molecule has 0 spiro atoms. The fourth-order valence-electron chi connectivity index (χ4n) is 2.52. The van der Waals surface area contributed by atoms with Crippen molar-refractivity contribution in [2.24, 2.45) is 0 Å². The van der Waals surface area contributed by atoms with Crippen LogP contribution < -0.4 is 10.9 Å². The number of hydrazine groups is 1. The Morgan fingerprint density at radius 1 is 1.14 bits per heavy atom. The summed E-state index contributed by atoms with van der Waals surface area (Å²) in [4.78, 5) is 25.9. The van der Waals surface area contributed by atoms with Crippen LogP contribution in [-0.2, 0) is 12.8 Å². The molecule has 1 aromatic heterocycles. The van der Waals surface area contributed by atoms with Crippen molar-refractivity contribution >= 4 is 23.2 Å². The monoisotopic (exact) mass is 316 g/mol. The van der Waals surface area contributed by atoms with E-state index in [1.54, 1.807) is 12.1 Å². The summed E-state index contributed by atoms with van der Waals surface area (Å²) in [5.74, 6) is -0.994. The Bertz CT molecular complexity index is 730. The summed E-state index contributed by atoms with van der Waals surface area (Å²) in [6.07, 6.45) is 3.19. The van der Waals surface area contributed by atoms with Gasteiger partial charge in [-0.05, 0) is 49.9 Å². The molecule has 1 aliphatic rings. The van der Waals surface area contributed by atoms with Crippen molar-refractivity contribution in [1.29, 1.82) is 0 Å². The van der Waals surface area contributed by atoms with E-state index in [4.69, 9.17) is 0 Å². The van der Waals surface area contributed by atoms with Gasteiger partial charge >= 0.3 is 0 Å². The van der Waals surface area contributed by atoms with E-state index >= 15 is 0 Å². The van der Waals surface area contributed by atoms with Gasteiger partial charge in [-0.1, -0.05) is 11.6 Å². The molecule has 0 saturated heterocycles. The molecule has 114 valence electrons. The number of amides is 2. The topological polar surface area (TPSA) is 78.4 Å². The molecule has 0 radical (unpaired) electrons. The lowest BCUT2D eigenvalue weighted by molar-refractivity contribution is 0.0847. The predicted octanol–water partition coefficient (Wildman–Crippen LogP) is 2.33. The minimum atomic E-state index is -0.543. The number of aromatic hydroxyl groups is 1. The van der Waals surface area contributed by atoms with Gasteiger partial charge in [-0.2, -0.15) is 0 Å². The number of rotatable bonds is 2. The predicted molar refractivity (Wildman–Crippen MR) is 84.1 cm³/mol. The number of hydrogen-bond acceptors (Lipinski definition) is 4. The highest BCUT2D eigenvalue weighted by atomic mass is 32.1. The van der Waals surface area contributed by atoms with Crippen LogP contribution >= 0.6 is 11.3 Å². The third-order valence-corrected chi connectivity index (χ3v) is 4.89. The largest absolute Gasteiger partial charge is 0.507 e. The van der Waals surface area contributed by atoms with Crippen LogP contribution in [0.2, 0.25) is 0 Å². The van der Waals surface area contributed by atoms with Crippen molar-refractivity contribution in [2.75, 3.05) is 0 Å². The van der Waals surface area contributed by atoms with Gasteiger partial charge in [-0.15, -0.1) is 11.3 Å². The lowest BCUT2D eigenvalue weighted by Gasteiger charge is -2.08. The van der Waals surface area contributed by atoms with Gasteiger partial charge in [-0.25, -0.2) is 0 Å². The second-order valence-electron chi connectivity index (χ2n) is 5.34. The normalized spacial score (nSPS) is 12.8. The second kappa shape index (κ2) is 5.81. The maximum absolute atomic E-state index is 12.1. The van der Waals surface area contributed by atoms with E-state index in [1.807, 2.05) is 13.0 Å². The Balaban J connectivity index is 1.65. The highest BCUT2D eigenvalue weighted by Gasteiger charge is 2.19. The number of phenols is 1. The molecule has 1 aliphatic carbocycles. The average Bonchev–Trinajstić information content (AvgIpc) is 3.08. The number of carbonyl (C=O) groups excluding carboxylic acids is 2. The van der Waals surface area contributed by atoms with E-state index in [0.29, 0.717) is 4.88 Å². The fraction of sp³-hybridized carbons (Fsp3) is 0.250. The number of thiophene rings is 1. The maximum Gasteiger partial charge on any atom is 0.279 e. The summed E-state index contributed by atoms with van der Waals surface area (Å²) in [7, 11) is 0. The van der Waals surface area contributed by atoms with E-state index in [0.717, 1.165) is 24.8 Å². The molecular weight excluding hydrogens is 300 g/mol. The molecule has 0 fully saturated rings. The lowest BCUT2D eigenvalue weighted by atomic mass is 10.1. The van der Waals surface area contributed by atoms with Gasteiger partial charge in [0, 0.05) is 4.88 Å². The Labute approximate surface area is 131 Å². The molecular formula is C16H16N2O3S. The number of benzene rings is 1. The molecule has 0 aliphatic heterocycles. The van der Waals surface area contributed by atoms with Crippen molar-refractivity contribution < 1.29 is 14.7 Å². The van der Waals surface area contributed by atoms with Gasteiger partial charge in [0.1, 0.15) is 5.75 Å². The molecule has 0 saturated carbocycles. The van der Waals surface area contributed by atoms with Gasteiger partial charge in [-0.3, -0.25) is 20.4 Å². The zero-order valence-corrected chi connectivity index (χ0v) is 12.9.